The lowest BCUT2D eigenvalue weighted by Crippen LogP contribution is -2.64. The van der Waals surface area contributed by atoms with E-state index in [2.05, 4.69) is 12.1 Å². The molecule has 2 amide bonds. The Kier molecular flexibility index (Phi) is 2.81. The molecule has 4 heteroatoms. The number of amides is 2. The monoisotopic (exact) mass is 284 g/mol. The summed E-state index contributed by atoms with van der Waals surface area (Å²) in [5.74, 6) is 0.297. The van der Waals surface area contributed by atoms with Crippen LogP contribution in [0.5, 0.6) is 0 Å². The van der Waals surface area contributed by atoms with Crippen LogP contribution in [0.2, 0.25) is 0 Å². The SMILES string of the molecule is CC1C(=O)N2CCCC2C(=O)N1C1Cc2ccccc2C1. The van der Waals surface area contributed by atoms with Gasteiger partial charge in [-0.1, -0.05) is 24.3 Å². The number of carbonyl (C=O) groups is 2. The van der Waals surface area contributed by atoms with Crippen molar-refractivity contribution in [1.82, 2.24) is 9.80 Å². The summed E-state index contributed by atoms with van der Waals surface area (Å²) < 4.78 is 0. The minimum absolute atomic E-state index is 0.132. The highest BCUT2D eigenvalue weighted by Crippen LogP contribution is 2.33. The second-order valence-corrected chi connectivity index (χ2v) is 6.44. The van der Waals surface area contributed by atoms with Crippen LogP contribution >= 0.6 is 0 Å². The highest BCUT2D eigenvalue weighted by molar-refractivity contribution is 5.97. The van der Waals surface area contributed by atoms with E-state index in [1.807, 2.05) is 24.0 Å². The van der Waals surface area contributed by atoms with E-state index in [-0.39, 0.29) is 29.9 Å². The molecule has 4 rings (SSSR count). The van der Waals surface area contributed by atoms with E-state index in [0.717, 1.165) is 32.2 Å². The fourth-order valence-corrected chi connectivity index (χ4v) is 4.24. The Bertz CT molecular complexity index is 588. The Hall–Kier alpha value is -1.84. The van der Waals surface area contributed by atoms with Crippen molar-refractivity contribution in [3.05, 3.63) is 35.4 Å². The predicted molar refractivity (Wildman–Crippen MR) is 78.7 cm³/mol. The van der Waals surface area contributed by atoms with Gasteiger partial charge < -0.3 is 9.80 Å². The van der Waals surface area contributed by atoms with Crippen LogP contribution in [0, 0.1) is 0 Å². The van der Waals surface area contributed by atoms with E-state index < -0.39 is 0 Å². The number of fused-ring (bicyclic) bond motifs is 2. The minimum Gasteiger partial charge on any atom is -0.329 e. The summed E-state index contributed by atoms with van der Waals surface area (Å²) in [6.07, 6.45) is 3.54. The molecule has 21 heavy (non-hydrogen) atoms. The molecule has 110 valence electrons. The molecule has 2 unspecified atom stereocenters. The molecule has 0 aromatic heterocycles. The molecule has 0 saturated carbocycles. The first-order valence-corrected chi connectivity index (χ1v) is 7.86. The zero-order chi connectivity index (χ0) is 14.6. The van der Waals surface area contributed by atoms with Crippen LogP contribution in [0.15, 0.2) is 24.3 Å². The molecule has 2 heterocycles. The predicted octanol–water partition coefficient (Wildman–Crippen LogP) is 1.38. The van der Waals surface area contributed by atoms with Gasteiger partial charge in [-0.05, 0) is 43.7 Å². The van der Waals surface area contributed by atoms with Crippen LogP contribution in [-0.4, -0.2) is 46.3 Å². The topological polar surface area (TPSA) is 40.6 Å². The molecule has 1 aromatic rings. The first-order chi connectivity index (χ1) is 10.2. The molecule has 3 aliphatic rings. The van der Waals surface area contributed by atoms with E-state index in [0.29, 0.717) is 0 Å². The number of piperazine rings is 1. The normalized spacial score (nSPS) is 29.0. The summed E-state index contributed by atoms with van der Waals surface area (Å²) in [5, 5.41) is 0. The fourth-order valence-electron chi connectivity index (χ4n) is 4.24. The molecule has 2 atom stereocenters. The van der Waals surface area contributed by atoms with Crippen LogP contribution in [0.3, 0.4) is 0 Å². The zero-order valence-corrected chi connectivity index (χ0v) is 12.3. The first-order valence-electron chi connectivity index (χ1n) is 7.86. The lowest BCUT2D eigenvalue weighted by atomic mass is 10.0. The molecule has 0 bridgehead atoms. The highest BCUT2D eigenvalue weighted by Gasteiger charge is 2.48. The van der Waals surface area contributed by atoms with Gasteiger partial charge in [0.25, 0.3) is 0 Å². The van der Waals surface area contributed by atoms with Crippen LogP contribution in [-0.2, 0) is 22.4 Å². The standard InChI is InChI=1S/C17H20N2O2/c1-11-16(20)18-8-4-7-15(18)17(21)19(11)14-9-12-5-2-3-6-13(12)10-14/h2-3,5-6,11,14-15H,4,7-10H2,1H3. The zero-order valence-electron chi connectivity index (χ0n) is 12.3. The summed E-state index contributed by atoms with van der Waals surface area (Å²) in [4.78, 5) is 29.0. The van der Waals surface area contributed by atoms with Gasteiger partial charge in [-0.2, -0.15) is 0 Å². The maximum atomic E-state index is 12.8. The van der Waals surface area contributed by atoms with Gasteiger partial charge in [0.2, 0.25) is 11.8 Å². The highest BCUT2D eigenvalue weighted by atomic mass is 16.2. The smallest absolute Gasteiger partial charge is 0.246 e. The number of hydrogen-bond acceptors (Lipinski definition) is 2. The first kappa shape index (κ1) is 12.9. The van der Waals surface area contributed by atoms with E-state index in [1.165, 1.54) is 11.1 Å². The van der Waals surface area contributed by atoms with Gasteiger partial charge in [-0.25, -0.2) is 0 Å². The van der Waals surface area contributed by atoms with Crippen molar-refractivity contribution in [2.45, 2.75) is 50.7 Å². The van der Waals surface area contributed by atoms with Crippen LogP contribution in [0.4, 0.5) is 0 Å². The number of hydrogen-bond donors (Lipinski definition) is 0. The largest absolute Gasteiger partial charge is 0.329 e. The van der Waals surface area contributed by atoms with E-state index >= 15 is 0 Å². The molecular formula is C17H20N2O2. The molecule has 0 spiro atoms. The molecule has 0 N–H and O–H groups in total. The van der Waals surface area contributed by atoms with Crippen molar-refractivity contribution in [2.24, 2.45) is 0 Å². The summed E-state index contributed by atoms with van der Waals surface area (Å²) in [6, 6.07) is 8.01. The maximum absolute atomic E-state index is 12.8. The van der Waals surface area contributed by atoms with Crippen molar-refractivity contribution in [1.29, 1.82) is 0 Å². The molecule has 1 aromatic carbocycles. The van der Waals surface area contributed by atoms with Gasteiger partial charge in [-0.15, -0.1) is 0 Å². The third-order valence-corrected chi connectivity index (χ3v) is 5.27. The molecule has 0 radical (unpaired) electrons. The number of carbonyl (C=O) groups excluding carboxylic acids is 2. The van der Waals surface area contributed by atoms with E-state index in [4.69, 9.17) is 0 Å². The van der Waals surface area contributed by atoms with Gasteiger partial charge in [0.1, 0.15) is 12.1 Å². The van der Waals surface area contributed by atoms with Gasteiger partial charge in [0, 0.05) is 12.6 Å². The maximum Gasteiger partial charge on any atom is 0.246 e. The quantitative estimate of drug-likeness (QED) is 0.781. The van der Waals surface area contributed by atoms with Gasteiger partial charge in [-0.3, -0.25) is 9.59 Å². The molecule has 2 fully saturated rings. The lowest BCUT2D eigenvalue weighted by Gasteiger charge is -2.43. The van der Waals surface area contributed by atoms with E-state index in [9.17, 15) is 9.59 Å². The number of rotatable bonds is 1. The lowest BCUT2D eigenvalue weighted by molar-refractivity contribution is -0.161. The van der Waals surface area contributed by atoms with Crippen LogP contribution in [0.1, 0.15) is 30.9 Å². The van der Waals surface area contributed by atoms with Crippen molar-refractivity contribution in [3.8, 4) is 0 Å². The van der Waals surface area contributed by atoms with Crippen molar-refractivity contribution in [2.75, 3.05) is 6.54 Å². The van der Waals surface area contributed by atoms with Crippen LogP contribution < -0.4 is 0 Å². The van der Waals surface area contributed by atoms with Crippen molar-refractivity contribution < 1.29 is 9.59 Å². The average molecular weight is 284 g/mol. The Morgan fingerprint density at radius 3 is 2.38 bits per heavy atom. The Labute approximate surface area is 124 Å². The van der Waals surface area contributed by atoms with Crippen molar-refractivity contribution >= 4 is 11.8 Å². The third kappa shape index (κ3) is 1.81. The summed E-state index contributed by atoms with van der Waals surface area (Å²) in [6.45, 7) is 2.63. The fraction of sp³-hybridized carbons (Fsp3) is 0.529. The molecule has 2 saturated heterocycles. The summed E-state index contributed by atoms with van der Waals surface area (Å²) in [5.41, 5.74) is 2.65. The molecule has 1 aliphatic carbocycles. The van der Waals surface area contributed by atoms with Gasteiger partial charge >= 0.3 is 0 Å². The second kappa shape index (κ2) is 4.58. The molecular weight excluding hydrogens is 264 g/mol. The molecule has 4 nitrogen and oxygen atoms in total. The van der Waals surface area contributed by atoms with Crippen molar-refractivity contribution in [3.63, 3.8) is 0 Å². The Balaban J connectivity index is 1.63. The number of benzene rings is 1. The third-order valence-electron chi connectivity index (χ3n) is 5.27. The van der Waals surface area contributed by atoms with Gasteiger partial charge in [0.15, 0.2) is 0 Å². The molecule has 2 aliphatic heterocycles. The van der Waals surface area contributed by atoms with Gasteiger partial charge in [0.05, 0.1) is 0 Å². The Morgan fingerprint density at radius 1 is 1.05 bits per heavy atom. The second-order valence-electron chi connectivity index (χ2n) is 6.44. The van der Waals surface area contributed by atoms with E-state index in [1.54, 1.807) is 4.90 Å². The number of nitrogens with zero attached hydrogens (tertiary/aromatic N) is 2. The minimum atomic E-state index is -0.314. The average Bonchev–Trinajstić information content (AvgIpc) is 3.11. The summed E-state index contributed by atoms with van der Waals surface area (Å²) >= 11 is 0. The summed E-state index contributed by atoms with van der Waals surface area (Å²) in [7, 11) is 0. The Morgan fingerprint density at radius 2 is 1.71 bits per heavy atom. The van der Waals surface area contributed by atoms with Crippen LogP contribution in [0.25, 0.3) is 0 Å².